The quantitative estimate of drug-likeness (QED) is 0.801. The number of likely N-dealkylation sites (N-methyl/N-ethyl adjacent to an activating group) is 2. The summed E-state index contributed by atoms with van der Waals surface area (Å²) in [7, 11) is 3.29. The minimum Gasteiger partial charge on any atom is -0.481 e. The molecule has 0 aliphatic heterocycles. The number of ether oxygens (including phenoxy) is 1. The Morgan fingerprint density at radius 3 is 2.53 bits per heavy atom. The van der Waals surface area contributed by atoms with E-state index in [2.05, 4.69) is 9.97 Å². The molecule has 0 saturated heterocycles. The molecule has 0 saturated carbocycles. The largest absolute Gasteiger partial charge is 0.481 e. The summed E-state index contributed by atoms with van der Waals surface area (Å²) in [5.74, 6) is 1.11. The van der Waals surface area contributed by atoms with Gasteiger partial charge < -0.3 is 20.3 Å². The standard InChI is InChI=1S/C12H21N5O2/c1-5-17(6-2)11(18)8-16(3)9-7-10(19-4)15-12(13)14-9/h7H,5-6,8H2,1-4H3,(H2,13,14,15). The summed E-state index contributed by atoms with van der Waals surface area (Å²) >= 11 is 0. The Morgan fingerprint density at radius 1 is 1.37 bits per heavy atom. The molecule has 106 valence electrons. The number of nitrogens with zero attached hydrogens (tertiary/aromatic N) is 4. The second-order valence-electron chi connectivity index (χ2n) is 4.05. The van der Waals surface area contributed by atoms with Crippen LogP contribution >= 0.6 is 0 Å². The van der Waals surface area contributed by atoms with Crippen LogP contribution in [0.5, 0.6) is 5.88 Å². The minimum absolute atomic E-state index is 0.0450. The maximum Gasteiger partial charge on any atom is 0.242 e. The van der Waals surface area contributed by atoms with Gasteiger partial charge in [-0.3, -0.25) is 4.79 Å². The van der Waals surface area contributed by atoms with Crippen molar-refractivity contribution in [3.05, 3.63) is 6.07 Å². The van der Waals surface area contributed by atoms with Crippen LogP contribution in [0.25, 0.3) is 0 Å². The molecule has 0 unspecified atom stereocenters. The molecule has 0 aromatic carbocycles. The van der Waals surface area contributed by atoms with Gasteiger partial charge in [0.15, 0.2) is 0 Å². The van der Waals surface area contributed by atoms with E-state index in [4.69, 9.17) is 10.5 Å². The van der Waals surface area contributed by atoms with Crippen molar-refractivity contribution >= 4 is 17.7 Å². The third kappa shape index (κ3) is 3.97. The molecule has 1 aromatic rings. The molecule has 19 heavy (non-hydrogen) atoms. The lowest BCUT2D eigenvalue weighted by Gasteiger charge is -2.23. The van der Waals surface area contributed by atoms with E-state index in [9.17, 15) is 4.79 Å². The third-order valence-electron chi connectivity index (χ3n) is 2.80. The normalized spacial score (nSPS) is 10.1. The lowest BCUT2D eigenvalue weighted by Crippen LogP contribution is -2.39. The van der Waals surface area contributed by atoms with Crippen molar-refractivity contribution in [3.8, 4) is 5.88 Å². The molecule has 7 heteroatoms. The fourth-order valence-corrected chi connectivity index (χ4v) is 1.69. The average Bonchev–Trinajstić information content (AvgIpc) is 2.39. The molecule has 0 aliphatic rings. The molecular weight excluding hydrogens is 246 g/mol. The first-order valence-electron chi connectivity index (χ1n) is 6.19. The molecule has 0 atom stereocenters. The van der Waals surface area contributed by atoms with Gasteiger partial charge in [-0.15, -0.1) is 0 Å². The number of anilines is 2. The number of hydrogen-bond acceptors (Lipinski definition) is 6. The fraction of sp³-hybridized carbons (Fsp3) is 0.583. The number of hydrogen-bond donors (Lipinski definition) is 1. The molecule has 0 aliphatic carbocycles. The van der Waals surface area contributed by atoms with E-state index >= 15 is 0 Å². The summed E-state index contributed by atoms with van der Waals surface area (Å²) < 4.78 is 5.03. The van der Waals surface area contributed by atoms with Crippen molar-refractivity contribution in [2.75, 3.05) is 44.4 Å². The Kier molecular flexibility index (Phi) is 5.35. The first kappa shape index (κ1) is 15.0. The van der Waals surface area contributed by atoms with Gasteiger partial charge in [0.05, 0.1) is 13.7 Å². The van der Waals surface area contributed by atoms with Crippen molar-refractivity contribution in [2.24, 2.45) is 0 Å². The van der Waals surface area contributed by atoms with Gasteiger partial charge >= 0.3 is 0 Å². The zero-order valence-corrected chi connectivity index (χ0v) is 11.9. The maximum atomic E-state index is 12.0. The topological polar surface area (TPSA) is 84.6 Å². The first-order valence-corrected chi connectivity index (χ1v) is 6.19. The Bertz CT molecular complexity index is 434. The first-order chi connectivity index (χ1) is 9.01. The molecule has 1 aromatic heterocycles. The molecule has 0 fully saturated rings. The van der Waals surface area contributed by atoms with Crippen molar-refractivity contribution in [2.45, 2.75) is 13.8 Å². The maximum absolute atomic E-state index is 12.0. The van der Waals surface area contributed by atoms with Crippen LogP contribution in [0.15, 0.2) is 6.07 Å². The summed E-state index contributed by atoms with van der Waals surface area (Å²) in [6.07, 6.45) is 0. The highest BCUT2D eigenvalue weighted by molar-refractivity contribution is 5.81. The van der Waals surface area contributed by atoms with Crippen molar-refractivity contribution in [1.29, 1.82) is 0 Å². The molecule has 1 heterocycles. The zero-order chi connectivity index (χ0) is 14.4. The molecule has 0 spiro atoms. The predicted molar refractivity (Wildman–Crippen MR) is 74.2 cm³/mol. The van der Waals surface area contributed by atoms with E-state index in [1.54, 1.807) is 22.9 Å². The van der Waals surface area contributed by atoms with Crippen LogP contribution in [0, 0.1) is 0 Å². The molecule has 0 radical (unpaired) electrons. The van der Waals surface area contributed by atoms with Crippen LogP contribution in [-0.4, -0.2) is 54.6 Å². The van der Waals surface area contributed by atoms with Gasteiger partial charge in [-0.25, -0.2) is 0 Å². The number of nitrogens with two attached hydrogens (primary N) is 1. The molecule has 0 bridgehead atoms. The number of aromatic nitrogens is 2. The van der Waals surface area contributed by atoms with Crippen LogP contribution in [0.1, 0.15) is 13.8 Å². The minimum atomic E-state index is 0.0450. The van der Waals surface area contributed by atoms with Crippen molar-refractivity contribution in [3.63, 3.8) is 0 Å². The van der Waals surface area contributed by atoms with Gasteiger partial charge in [0.25, 0.3) is 0 Å². The van der Waals surface area contributed by atoms with E-state index < -0.39 is 0 Å². The Balaban J connectivity index is 2.80. The van der Waals surface area contributed by atoms with E-state index in [0.717, 1.165) is 0 Å². The SMILES string of the molecule is CCN(CC)C(=O)CN(C)c1cc(OC)nc(N)n1. The van der Waals surface area contributed by atoms with Gasteiger partial charge in [-0.05, 0) is 13.8 Å². The van der Waals surface area contributed by atoms with Crippen LogP contribution in [-0.2, 0) is 4.79 Å². The lowest BCUT2D eigenvalue weighted by atomic mass is 10.4. The fourth-order valence-electron chi connectivity index (χ4n) is 1.69. The van der Waals surface area contributed by atoms with Crippen molar-refractivity contribution < 1.29 is 9.53 Å². The highest BCUT2D eigenvalue weighted by Gasteiger charge is 2.14. The van der Waals surface area contributed by atoms with E-state index in [-0.39, 0.29) is 18.4 Å². The van der Waals surface area contributed by atoms with E-state index in [0.29, 0.717) is 24.8 Å². The second-order valence-corrected chi connectivity index (χ2v) is 4.05. The smallest absolute Gasteiger partial charge is 0.242 e. The van der Waals surface area contributed by atoms with Gasteiger partial charge in [0, 0.05) is 26.2 Å². The Morgan fingerprint density at radius 2 is 2.00 bits per heavy atom. The Hall–Kier alpha value is -2.05. The number of carbonyl (C=O) groups excluding carboxylic acids is 1. The second kappa shape index (κ2) is 6.77. The van der Waals surface area contributed by atoms with Crippen LogP contribution < -0.4 is 15.4 Å². The van der Waals surface area contributed by atoms with Gasteiger partial charge in [0.1, 0.15) is 5.82 Å². The number of nitrogen functional groups attached to an aromatic ring is 1. The van der Waals surface area contributed by atoms with Crippen LogP contribution in [0.4, 0.5) is 11.8 Å². The summed E-state index contributed by atoms with van der Waals surface area (Å²) in [6, 6.07) is 1.64. The summed E-state index contributed by atoms with van der Waals surface area (Å²) in [6.45, 7) is 5.53. The van der Waals surface area contributed by atoms with Crippen LogP contribution in [0.3, 0.4) is 0 Å². The van der Waals surface area contributed by atoms with E-state index in [1.165, 1.54) is 7.11 Å². The van der Waals surface area contributed by atoms with Gasteiger partial charge in [0.2, 0.25) is 17.7 Å². The van der Waals surface area contributed by atoms with Gasteiger partial charge in [-0.2, -0.15) is 9.97 Å². The summed E-state index contributed by atoms with van der Waals surface area (Å²) in [5.41, 5.74) is 5.59. The number of carbonyl (C=O) groups is 1. The molecular formula is C12H21N5O2. The number of rotatable bonds is 6. The van der Waals surface area contributed by atoms with Crippen LogP contribution in [0.2, 0.25) is 0 Å². The third-order valence-corrected chi connectivity index (χ3v) is 2.80. The monoisotopic (exact) mass is 267 g/mol. The molecule has 1 amide bonds. The van der Waals surface area contributed by atoms with Crippen molar-refractivity contribution in [1.82, 2.24) is 14.9 Å². The highest BCUT2D eigenvalue weighted by atomic mass is 16.5. The summed E-state index contributed by atoms with van der Waals surface area (Å²) in [4.78, 5) is 23.5. The number of amides is 1. The average molecular weight is 267 g/mol. The lowest BCUT2D eigenvalue weighted by molar-refractivity contribution is -0.129. The molecule has 1 rings (SSSR count). The highest BCUT2D eigenvalue weighted by Crippen LogP contribution is 2.17. The Labute approximate surface area is 113 Å². The van der Waals surface area contributed by atoms with Gasteiger partial charge in [-0.1, -0.05) is 0 Å². The molecule has 7 nitrogen and oxygen atoms in total. The number of methoxy groups -OCH3 is 1. The molecule has 2 N–H and O–H groups in total. The summed E-state index contributed by atoms with van der Waals surface area (Å²) in [5, 5.41) is 0. The zero-order valence-electron chi connectivity index (χ0n) is 11.9. The van der Waals surface area contributed by atoms with E-state index in [1.807, 2.05) is 13.8 Å². The predicted octanol–water partition coefficient (Wildman–Crippen LogP) is 0.372.